The Balaban J connectivity index is 0. The van der Waals surface area contributed by atoms with Crippen molar-refractivity contribution in [3.63, 3.8) is 0 Å². The molecule has 0 aliphatic carbocycles. The third-order valence-corrected chi connectivity index (χ3v) is 2.47. The summed E-state index contributed by atoms with van der Waals surface area (Å²) in [5.74, 6) is -37.6. The second-order valence-electron chi connectivity index (χ2n) is 4.05. The van der Waals surface area contributed by atoms with Crippen LogP contribution in [0.4, 0.5) is 57.1 Å². The van der Waals surface area contributed by atoms with E-state index in [0.29, 0.717) is 0 Å². The molecule has 0 aromatic rings. The maximum Gasteiger partial charge on any atom is 1.00 e. The molecule has 0 N–H and O–H groups in total. The van der Waals surface area contributed by atoms with Crippen LogP contribution in [0.25, 0.3) is 0 Å². The van der Waals surface area contributed by atoms with E-state index in [1.807, 2.05) is 0 Å². The summed E-state index contributed by atoms with van der Waals surface area (Å²) in [6.07, 6.45) is -11.5. The molecule has 0 aromatic carbocycles. The molecule has 0 radical (unpaired) electrons. The molecule has 1 nitrogen and oxygen atoms in total. The third-order valence-electron chi connectivity index (χ3n) is 2.47. The van der Waals surface area contributed by atoms with Crippen LogP contribution in [0.2, 0.25) is 0 Å². The van der Waals surface area contributed by atoms with E-state index in [9.17, 15) is 62.2 Å². The van der Waals surface area contributed by atoms with E-state index in [4.69, 9.17) is 0 Å². The van der Waals surface area contributed by atoms with Gasteiger partial charge in [-0.2, -0.15) is 43.9 Å². The largest absolute Gasteiger partial charge is 1.00 e. The number of halogens is 13. The smallest absolute Gasteiger partial charge is 0.793 e. The van der Waals surface area contributed by atoms with Gasteiger partial charge in [0.15, 0.2) is 6.17 Å². The average Bonchev–Trinajstić information content (AvgIpc) is 2.25. The van der Waals surface area contributed by atoms with Gasteiger partial charge in [-0.05, 0) is 6.92 Å². The van der Waals surface area contributed by atoms with Crippen molar-refractivity contribution in [2.75, 3.05) is 0 Å². The molecular weight excluding hydrogens is 366 g/mol. The normalized spacial score (nSPS) is 16.8. The summed E-state index contributed by atoms with van der Waals surface area (Å²) in [6.45, 7) is -0.498. The Morgan fingerprint density at radius 2 is 0.870 bits per heavy atom. The molecule has 0 saturated carbocycles. The Bertz CT molecular complexity index is 413. The minimum atomic E-state index is -7.92. The standard InChI is InChI=1S/C8H4F13O.Li/c1-2(9)3(10,11)4(12,13)5(14,15)6(16,17)7(18,19)8(20,21)22;/h2H,1H3;/q-1;+1. The molecule has 0 amide bonds. The summed E-state index contributed by atoms with van der Waals surface area (Å²) < 4.78 is 162. The van der Waals surface area contributed by atoms with Crippen LogP contribution in [-0.2, 0) is 0 Å². The van der Waals surface area contributed by atoms with Gasteiger partial charge in [0, 0.05) is 0 Å². The molecule has 1 atom stereocenters. The molecule has 0 rings (SSSR count). The van der Waals surface area contributed by atoms with Crippen molar-refractivity contribution in [2.24, 2.45) is 0 Å². The zero-order chi connectivity index (χ0) is 18.6. The molecule has 0 heterocycles. The second kappa shape index (κ2) is 6.18. The van der Waals surface area contributed by atoms with Gasteiger partial charge in [0.2, 0.25) is 0 Å². The maximum atomic E-state index is 12.8. The van der Waals surface area contributed by atoms with Crippen LogP contribution in [0.5, 0.6) is 0 Å². The van der Waals surface area contributed by atoms with Crippen LogP contribution in [-0.4, -0.2) is 41.9 Å². The summed E-state index contributed by atoms with van der Waals surface area (Å²) in [7, 11) is 0. The fraction of sp³-hybridized carbons (Fsp3) is 1.00. The summed E-state index contributed by atoms with van der Waals surface area (Å²) in [4.78, 5) is 0. The molecule has 0 aliphatic rings. The van der Waals surface area contributed by atoms with Crippen molar-refractivity contribution < 1.29 is 81.0 Å². The van der Waals surface area contributed by atoms with E-state index in [2.05, 4.69) is 0 Å². The Morgan fingerprint density at radius 3 is 1.09 bits per heavy atom. The molecule has 0 saturated heterocycles. The molecule has 0 aliphatic heterocycles. The minimum Gasteiger partial charge on any atom is -0.793 e. The molecular formula is C8H4F13LiO. The summed E-state index contributed by atoms with van der Waals surface area (Å²) in [5.41, 5.74) is 0. The predicted octanol–water partition coefficient (Wildman–Crippen LogP) is 0.478. The Labute approximate surface area is 131 Å². The fourth-order valence-electron chi connectivity index (χ4n) is 1.04. The summed E-state index contributed by atoms with van der Waals surface area (Å²) in [6, 6.07) is 0. The van der Waals surface area contributed by atoms with Gasteiger partial charge in [0.25, 0.3) is 6.11 Å². The van der Waals surface area contributed by atoms with Crippen LogP contribution in [0, 0.1) is 0 Å². The first kappa shape index (κ1) is 24.9. The Hall–Kier alpha value is -0.353. The zero-order valence-electron chi connectivity index (χ0n) is 10.9. The number of rotatable bonds is 6. The molecule has 0 aromatic heterocycles. The summed E-state index contributed by atoms with van der Waals surface area (Å²) in [5, 5.41) is 9.53. The van der Waals surface area contributed by atoms with E-state index in [1.54, 1.807) is 0 Å². The van der Waals surface area contributed by atoms with Crippen LogP contribution >= 0.6 is 0 Å². The number of hydrogen-bond donors (Lipinski definition) is 0. The monoisotopic (exact) mass is 370 g/mol. The minimum absolute atomic E-state index is 0. The van der Waals surface area contributed by atoms with Crippen LogP contribution in [0.3, 0.4) is 0 Å². The molecule has 0 fully saturated rings. The van der Waals surface area contributed by atoms with Gasteiger partial charge in [-0.25, -0.2) is 13.2 Å². The van der Waals surface area contributed by atoms with Crippen molar-refractivity contribution in [2.45, 2.75) is 48.8 Å². The summed E-state index contributed by atoms with van der Waals surface area (Å²) >= 11 is 0. The molecule has 1 unspecified atom stereocenters. The van der Waals surface area contributed by atoms with Gasteiger partial charge >= 0.3 is 48.5 Å². The van der Waals surface area contributed by atoms with Gasteiger partial charge in [-0.1, -0.05) is 0 Å². The third kappa shape index (κ3) is 3.26. The first-order chi connectivity index (χ1) is 9.19. The van der Waals surface area contributed by atoms with Gasteiger partial charge in [-0.3, -0.25) is 0 Å². The van der Waals surface area contributed by atoms with E-state index in [-0.39, 0.29) is 18.9 Å². The van der Waals surface area contributed by atoms with Crippen molar-refractivity contribution in [1.82, 2.24) is 0 Å². The van der Waals surface area contributed by atoms with E-state index < -0.39 is 48.8 Å². The van der Waals surface area contributed by atoms with Crippen LogP contribution in [0.1, 0.15) is 6.92 Å². The van der Waals surface area contributed by atoms with Crippen molar-refractivity contribution >= 4 is 0 Å². The van der Waals surface area contributed by atoms with Crippen LogP contribution in [0.15, 0.2) is 0 Å². The molecule has 0 spiro atoms. The Kier molecular flexibility index (Phi) is 6.69. The predicted molar refractivity (Wildman–Crippen MR) is 40.3 cm³/mol. The van der Waals surface area contributed by atoms with E-state index in [1.165, 1.54) is 0 Å². The van der Waals surface area contributed by atoms with Crippen molar-refractivity contribution in [3.8, 4) is 0 Å². The van der Waals surface area contributed by atoms with Crippen LogP contribution < -0.4 is 24.0 Å². The molecule has 134 valence electrons. The number of hydrogen-bond acceptors (Lipinski definition) is 1. The quantitative estimate of drug-likeness (QED) is 0.493. The average molecular weight is 370 g/mol. The van der Waals surface area contributed by atoms with E-state index >= 15 is 0 Å². The second-order valence-corrected chi connectivity index (χ2v) is 4.05. The molecule has 23 heavy (non-hydrogen) atoms. The molecule has 15 heteroatoms. The fourth-order valence-corrected chi connectivity index (χ4v) is 1.04. The maximum absolute atomic E-state index is 12.8. The SMILES string of the molecule is CC(F)C(F)(F)C(F)(F)C(F)(F)C(F)(F)C(F)(F)C([O-])(F)F.[Li+]. The van der Waals surface area contributed by atoms with Gasteiger partial charge in [0.1, 0.15) is 0 Å². The Morgan fingerprint density at radius 1 is 0.609 bits per heavy atom. The zero-order valence-corrected chi connectivity index (χ0v) is 10.9. The van der Waals surface area contributed by atoms with Gasteiger partial charge < -0.3 is 5.11 Å². The van der Waals surface area contributed by atoms with Crippen molar-refractivity contribution in [3.05, 3.63) is 0 Å². The topological polar surface area (TPSA) is 23.1 Å². The number of alkyl halides is 13. The van der Waals surface area contributed by atoms with Gasteiger partial charge in [-0.15, -0.1) is 0 Å². The van der Waals surface area contributed by atoms with Gasteiger partial charge in [0.05, 0.1) is 0 Å². The first-order valence-electron chi connectivity index (χ1n) is 4.81. The first-order valence-corrected chi connectivity index (χ1v) is 4.81. The molecule has 0 bridgehead atoms. The van der Waals surface area contributed by atoms with Crippen molar-refractivity contribution in [1.29, 1.82) is 0 Å². The van der Waals surface area contributed by atoms with E-state index in [0.717, 1.165) is 0 Å².